The first-order chi connectivity index (χ1) is 9.13. The second-order valence-corrected chi connectivity index (χ2v) is 6.87. The quantitative estimate of drug-likeness (QED) is 0.792. The molecule has 2 nitrogen and oxygen atoms in total. The van der Waals surface area contributed by atoms with Crippen molar-refractivity contribution in [2.24, 2.45) is 0 Å². The van der Waals surface area contributed by atoms with Crippen LogP contribution >= 0.6 is 11.3 Å². The summed E-state index contributed by atoms with van der Waals surface area (Å²) in [5.41, 5.74) is 0.0913. The van der Waals surface area contributed by atoms with Crippen LogP contribution in [0.1, 0.15) is 43.0 Å². The number of nitrogens with one attached hydrogen (secondary N) is 1. The third-order valence-corrected chi connectivity index (χ3v) is 4.50. The average molecular weight is 309 g/mol. The van der Waals surface area contributed by atoms with Crippen LogP contribution in [-0.2, 0) is 10.2 Å². The van der Waals surface area contributed by atoms with Crippen LogP contribution < -0.4 is 5.32 Å². The molecule has 0 spiro atoms. The van der Waals surface area contributed by atoms with E-state index in [9.17, 15) is 13.2 Å². The number of hydrogen-bond acceptors (Lipinski definition) is 3. The van der Waals surface area contributed by atoms with Gasteiger partial charge in [-0.25, -0.2) is 0 Å². The van der Waals surface area contributed by atoms with Gasteiger partial charge in [-0.15, -0.1) is 11.3 Å². The van der Waals surface area contributed by atoms with Crippen molar-refractivity contribution in [1.29, 1.82) is 0 Å². The van der Waals surface area contributed by atoms with Gasteiger partial charge in [0.05, 0.1) is 0 Å². The molecule has 0 aliphatic carbocycles. The minimum Gasteiger partial charge on any atom is -0.372 e. The van der Waals surface area contributed by atoms with Crippen molar-refractivity contribution in [1.82, 2.24) is 5.32 Å². The minimum atomic E-state index is -4.25. The molecule has 0 amide bonds. The molecule has 1 rings (SSSR count). The highest BCUT2D eigenvalue weighted by atomic mass is 32.1. The predicted octanol–water partition coefficient (Wildman–Crippen LogP) is 4.28. The molecule has 1 aromatic heterocycles. The second-order valence-electron chi connectivity index (χ2n) is 5.75. The fourth-order valence-electron chi connectivity index (χ4n) is 1.76. The van der Waals surface area contributed by atoms with Gasteiger partial charge in [0.2, 0.25) is 0 Å². The zero-order valence-corrected chi connectivity index (χ0v) is 13.1. The summed E-state index contributed by atoms with van der Waals surface area (Å²) in [5, 5.41) is 3.13. The van der Waals surface area contributed by atoms with E-state index in [1.165, 1.54) is 4.88 Å². The number of halogens is 3. The molecule has 116 valence electrons. The molecule has 1 heterocycles. The van der Waals surface area contributed by atoms with Crippen molar-refractivity contribution in [3.8, 4) is 0 Å². The number of alkyl halides is 3. The summed E-state index contributed by atoms with van der Waals surface area (Å²) < 4.78 is 40.6. The summed E-state index contributed by atoms with van der Waals surface area (Å²) in [4.78, 5) is 2.40. The van der Waals surface area contributed by atoms with Crippen LogP contribution in [0.4, 0.5) is 13.2 Å². The lowest BCUT2D eigenvalue weighted by Crippen LogP contribution is -2.21. The minimum absolute atomic E-state index is 0.0318. The van der Waals surface area contributed by atoms with Crippen LogP contribution in [-0.4, -0.2) is 26.4 Å². The summed E-state index contributed by atoms with van der Waals surface area (Å²) in [7, 11) is 1.81. The Bertz CT molecular complexity index is 409. The summed E-state index contributed by atoms with van der Waals surface area (Å²) in [6.07, 6.45) is -3.73. The van der Waals surface area contributed by atoms with E-state index in [2.05, 4.69) is 36.9 Å². The zero-order chi connectivity index (χ0) is 15.4. The van der Waals surface area contributed by atoms with Crippen molar-refractivity contribution in [2.75, 3.05) is 20.3 Å². The Morgan fingerprint density at radius 3 is 2.35 bits per heavy atom. The van der Waals surface area contributed by atoms with E-state index in [1.54, 1.807) is 11.3 Å². The third kappa shape index (κ3) is 5.81. The summed E-state index contributed by atoms with van der Waals surface area (Å²) >= 11 is 1.70. The number of ether oxygens (including phenoxy) is 1. The Balaban J connectivity index is 2.52. The first-order valence-electron chi connectivity index (χ1n) is 6.55. The van der Waals surface area contributed by atoms with Gasteiger partial charge in [-0.05, 0) is 31.0 Å². The highest BCUT2D eigenvalue weighted by molar-refractivity contribution is 7.12. The molecule has 0 bridgehead atoms. The van der Waals surface area contributed by atoms with Crippen molar-refractivity contribution < 1.29 is 17.9 Å². The average Bonchev–Trinajstić information content (AvgIpc) is 2.76. The first kappa shape index (κ1) is 17.5. The molecule has 0 radical (unpaired) electrons. The molecule has 0 saturated carbocycles. The zero-order valence-electron chi connectivity index (χ0n) is 12.3. The van der Waals surface area contributed by atoms with E-state index >= 15 is 0 Å². The molecule has 1 atom stereocenters. The summed E-state index contributed by atoms with van der Waals surface area (Å²) in [6, 6.07) is 4.15. The van der Waals surface area contributed by atoms with Gasteiger partial charge < -0.3 is 10.1 Å². The molecule has 20 heavy (non-hydrogen) atoms. The fraction of sp³-hybridized carbons (Fsp3) is 0.714. The summed E-state index contributed by atoms with van der Waals surface area (Å²) in [6.45, 7) is 5.34. The maximum absolute atomic E-state index is 12.0. The largest absolute Gasteiger partial charge is 0.411 e. The number of rotatable bonds is 6. The van der Waals surface area contributed by atoms with Gasteiger partial charge in [0.15, 0.2) is 0 Å². The van der Waals surface area contributed by atoms with E-state index in [4.69, 9.17) is 0 Å². The Morgan fingerprint density at radius 2 is 1.90 bits per heavy atom. The second kappa shape index (κ2) is 6.91. The van der Waals surface area contributed by atoms with Gasteiger partial charge in [0, 0.05) is 22.4 Å². The molecule has 0 aromatic carbocycles. The highest BCUT2D eigenvalue weighted by Crippen LogP contribution is 2.33. The van der Waals surface area contributed by atoms with E-state index in [0.717, 1.165) is 4.88 Å². The van der Waals surface area contributed by atoms with Gasteiger partial charge in [-0.1, -0.05) is 20.8 Å². The van der Waals surface area contributed by atoms with Crippen LogP contribution in [0.25, 0.3) is 0 Å². The predicted molar refractivity (Wildman–Crippen MR) is 76.3 cm³/mol. The van der Waals surface area contributed by atoms with Gasteiger partial charge in [-0.3, -0.25) is 0 Å². The van der Waals surface area contributed by atoms with Gasteiger partial charge in [0.25, 0.3) is 0 Å². The molecular weight excluding hydrogens is 287 g/mol. The Hall–Kier alpha value is -0.590. The Morgan fingerprint density at radius 1 is 1.25 bits per heavy atom. The van der Waals surface area contributed by atoms with E-state index in [-0.39, 0.29) is 18.1 Å². The van der Waals surface area contributed by atoms with Gasteiger partial charge in [0.1, 0.15) is 6.61 Å². The van der Waals surface area contributed by atoms with Crippen molar-refractivity contribution in [2.45, 2.75) is 44.8 Å². The lowest BCUT2D eigenvalue weighted by Gasteiger charge is -2.17. The van der Waals surface area contributed by atoms with Crippen molar-refractivity contribution >= 4 is 11.3 Å². The van der Waals surface area contributed by atoms with Crippen LogP contribution in [0.15, 0.2) is 12.1 Å². The molecule has 0 aliphatic heterocycles. The SMILES string of the molecule is CNC(CCOCC(F)(F)F)c1ccc(C(C)(C)C)s1. The topological polar surface area (TPSA) is 21.3 Å². The number of thiophene rings is 1. The van der Waals surface area contributed by atoms with Crippen LogP contribution in [0, 0.1) is 0 Å². The third-order valence-electron chi connectivity index (χ3n) is 2.87. The fourth-order valence-corrected chi connectivity index (χ4v) is 2.97. The molecule has 0 aliphatic rings. The van der Waals surface area contributed by atoms with Gasteiger partial charge in [-0.2, -0.15) is 13.2 Å². The van der Waals surface area contributed by atoms with Crippen molar-refractivity contribution in [3.05, 3.63) is 21.9 Å². The highest BCUT2D eigenvalue weighted by Gasteiger charge is 2.27. The smallest absolute Gasteiger partial charge is 0.372 e. The standard InChI is InChI=1S/C14H22F3NOS/c1-13(2,3)12-6-5-11(20-12)10(18-4)7-8-19-9-14(15,16)17/h5-6,10,18H,7-9H2,1-4H3. The molecule has 1 aromatic rings. The number of hydrogen-bond donors (Lipinski definition) is 1. The monoisotopic (exact) mass is 309 g/mol. The van der Waals surface area contributed by atoms with E-state index in [1.807, 2.05) is 13.1 Å². The molecule has 0 saturated heterocycles. The van der Waals surface area contributed by atoms with E-state index < -0.39 is 12.8 Å². The normalized spacial score (nSPS) is 14.6. The maximum atomic E-state index is 12.0. The van der Waals surface area contributed by atoms with Crippen LogP contribution in [0.5, 0.6) is 0 Å². The Labute approximate surface area is 122 Å². The van der Waals surface area contributed by atoms with E-state index in [0.29, 0.717) is 6.42 Å². The lowest BCUT2D eigenvalue weighted by atomic mass is 9.95. The maximum Gasteiger partial charge on any atom is 0.411 e. The van der Waals surface area contributed by atoms with Crippen molar-refractivity contribution in [3.63, 3.8) is 0 Å². The van der Waals surface area contributed by atoms with Crippen LogP contribution in [0.3, 0.4) is 0 Å². The Kier molecular flexibility index (Phi) is 6.04. The first-order valence-corrected chi connectivity index (χ1v) is 7.37. The summed E-state index contributed by atoms with van der Waals surface area (Å²) in [5.74, 6) is 0. The van der Waals surface area contributed by atoms with Gasteiger partial charge >= 0.3 is 6.18 Å². The molecule has 0 fully saturated rings. The van der Waals surface area contributed by atoms with Crippen LogP contribution in [0.2, 0.25) is 0 Å². The molecule has 6 heteroatoms. The molecule has 1 unspecified atom stereocenters. The molecule has 1 N–H and O–H groups in total. The lowest BCUT2D eigenvalue weighted by molar-refractivity contribution is -0.174. The molecular formula is C14H22F3NOS.